The molecule has 144 valence electrons. The lowest BCUT2D eigenvalue weighted by Crippen LogP contribution is -2.38. The van der Waals surface area contributed by atoms with Crippen molar-refractivity contribution in [3.05, 3.63) is 34.4 Å². The lowest BCUT2D eigenvalue weighted by molar-refractivity contribution is -0.124. The fourth-order valence-electron chi connectivity index (χ4n) is 3.39. The highest BCUT2D eigenvalue weighted by Crippen LogP contribution is 2.38. The highest BCUT2D eigenvalue weighted by molar-refractivity contribution is 8.22. The van der Waals surface area contributed by atoms with E-state index < -0.39 is 0 Å². The molecule has 1 heterocycles. The van der Waals surface area contributed by atoms with Crippen molar-refractivity contribution in [2.75, 3.05) is 19.1 Å². The Bertz CT molecular complexity index is 639. The zero-order valence-corrected chi connectivity index (χ0v) is 19.1. The Morgan fingerprint density at radius 3 is 2.27 bits per heavy atom. The first-order valence-corrected chi connectivity index (χ1v) is 11.8. The molecule has 7 heteroatoms. The Labute approximate surface area is 175 Å². The maximum Gasteiger partial charge on any atom is 0.220 e. The van der Waals surface area contributed by atoms with E-state index in [2.05, 4.69) is 32.9 Å². The molecule has 2 rings (SSSR count). The van der Waals surface area contributed by atoms with Crippen LogP contribution in [0.5, 0.6) is 0 Å². The summed E-state index contributed by atoms with van der Waals surface area (Å²) in [5.74, 6) is 0. The molecule has 1 aromatic rings. The van der Waals surface area contributed by atoms with Crippen LogP contribution >= 0.6 is 48.0 Å². The third kappa shape index (κ3) is 5.83. The minimum atomic E-state index is -0.161. The van der Waals surface area contributed by atoms with Gasteiger partial charge in [0, 0.05) is 0 Å². The number of thioether (sulfide) groups is 2. The van der Waals surface area contributed by atoms with Crippen LogP contribution in [0, 0.1) is 20.8 Å². The summed E-state index contributed by atoms with van der Waals surface area (Å²) >= 11 is 13.3. The molecule has 0 amide bonds. The lowest BCUT2D eigenvalue weighted by Gasteiger charge is -2.38. The van der Waals surface area contributed by atoms with Gasteiger partial charge in [0.05, 0.1) is 6.10 Å². The molecule has 0 bridgehead atoms. The van der Waals surface area contributed by atoms with Gasteiger partial charge in [-0.1, -0.05) is 41.2 Å². The van der Waals surface area contributed by atoms with Crippen molar-refractivity contribution in [1.82, 2.24) is 0 Å². The van der Waals surface area contributed by atoms with E-state index in [0.717, 1.165) is 12.8 Å². The Hall–Kier alpha value is -0.340. The van der Waals surface area contributed by atoms with Crippen LogP contribution in [0.2, 0.25) is 0 Å². The second kappa shape index (κ2) is 10.3. The van der Waals surface area contributed by atoms with Gasteiger partial charge < -0.3 is 14.2 Å². The van der Waals surface area contributed by atoms with Crippen molar-refractivity contribution in [2.24, 2.45) is 0 Å². The average molecular weight is 431 g/mol. The second-order valence-electron chi connectivity index (χ2n) is 6.44. The van der Waals surface area contributed by atoms with Crippen LogP contribution in [0.3, 0.4) is 0 Å². The largest absolute Gasteiger partial charge is 0.476 e. The first kappa shape index (κ1) is 22.0. The summed E-state index contributed by atoms with van der Waals surface area (Å²) in [7, 11) is 0. The SMILES string of the molecule is CSC(=S)OC[C@@H]1CC[C@@H](OC(=S)SC)[C@@H](c2c(C)cc(C)cc2C)O1. The molecule has 1 aliphatic rings. The van der Waals surface area contributed by atoms with Gasteiger partial charge in [0.2, 0.25) is 8.77 Å². The number of hydrogen-bond donors (Lipinski definition) is 0. The van der Waals surface area contributed by atoms with E-state index >= 15 is 0 Å². The Kier molecular flexibility index (Phi) is 8.67. The van der Waals surface area contributed by atoms with Gasteiger partial charge in [0.25, 0.3) is 0 Å². The van der Waals surface area contributed by atoms with Crippen LogP contribution in [0.15, 0.2) is 12.1 Å². The number of ether oxygens (including phenoxy) is 3. The molecule has 0 spiro atoms. The van der Waals surface area contributed by atoms with Gasteiger partial charge in [-0.15, -0.1) is 0 Å². The second-order valence-corrected chi connectivity index (χ2v) is 9.26. The van der Waals surface area contributed by atoms with Crippen LogP contribution in [0.1, 0.15) is 41.2 Å². The van der Waals surface area contributed by atoms with Crippen molar-refractivity contribution in [2.45, 2.75) is 51.9 Å². The zero-order valence-electron chi connectivity index (χ0n) is 15.9. The van der Waals surface area contributed by atoms with E-state index in [-0.39, 0.29) is 18.3 Å². The summed E-state index contributed by atoms with van der Waals surface area (Å²) in [6, 6.07) is 4.39. The summed E-state index contributed by atoms with van der Waals surface area (Å²) in [5, 5.41) is 0. The molecular weight excluding hydrogens is 404 g/mol. The van der Waals surface area contributed by atoms with Crippen molar-refractivity contribution in [3.63, 3.8) is 0 Å². The molecule has 3 nitrogen and oxygen atoms in total. The maximum atomic E-state index is 6.44. The summed E-state index contributed by atoms with van der Waals surface area (Å²) in [5.41, 5.74) is 4.89. The van der Waals surface area contributed by atoms with Crippen LogP contribution < -0.4 is 0 Å². The Morgan fingerprint density at radius 2 is 1.69 bits per heavy atom. The first-order chi connectivity index (χ1) is 12.3. The van der Waals surface area contributed by atoms with Crippen molar-refractivity contribution >= 4 is 56.7 Å². The predicted octanol–water partition coefficient (Wildman–Crippen LogP) is 5.53. The summed E-state index contributed by atoms with van der Waals surface area (Å²) in [4.78, 5) is 0. The van der Waals surface area contributed by atoms with E-state index in [1.54, 1.807) is 0 Å². The molecule has 0 aromatic heterocycles. The highest BCUT2D eigenvalue weighted by Gasteiger charge is 2.36. The van der Waals surface area contributed by atoms with E-state index in [4.69, 9.17) is 38.6 Å². The molecular formula is C19H26O3S4. The molecule has 0 radical (unpaired) electrons. The van der Waals surface area contributed by atoms with Crippen LogP contribution in [-0.2, 0) is 14.2 Å². The van der Waals surface area contributed by atoms with Crippen molar-refractivity contribution in [1.29, 1.82) is 0 Å². The maximum absolute atomic E-state index is 6.44. The molecule has 0 N–H and O–H groups in total. The molecule has 1 saturated heterocycles. The normalized spacial score (nSPS) is 22.7. The van der Waals surface area contributed by atoms with E-state index in [1.807, 2.05) is 12.5 Å². The van der Waals surface area contributed by atoms with Gasteiger partial charge in [-0.2, -0.15) is 0 Å². The third-order valence-corrected chi connectivity index (χ3v) is 6.54. The van der Waals surface area contributed by atoms with Gasteiger partial charge in [0.1, 0.15) is 18.8 Å². The smallest absolute Gasteiger partial charge is 0.220 e. The quantitative estimate of drug-likeness (QED) is 0.580. The third-order valence-electron chi connectivity index (χ3n) is 4.44. The summed E-state index contributed by atoms with van der Waals surface area (Å²) in [6.07, 6.45) is 5.33. The molecule has 26 heavy (non-hydrogen) atoms. The van der Waals surface area contributed by atoms with E-state index in [0.29, 0.717) is 15.4 Å². The minimum absolute atomic E-state index is 0.00657. The number of hydrogen-bond acceptors (Lipinski definition) is 7. The molecule has 1 aliphatic heterocycles. The summed E-state index contributed by atoms with van der Waals surface area (Å²) < 4.78 is 19.2. The molecule has 1 fully saturated rings. The van der Waals surface area contributed by atoms with Gasteiger partial charge >= 0.3 is 0 Å². The highest BCUT2D eigenvalue weighted by atomic mass is 32.2. The van der Waals surface area contributed by atoms with E-state index in [9.17, 15) is 0 Å². The number of rotatable bonds is 4. The minimum Gasteiger partial charge on any atom is -0.476 e. The van der Waals surface area contributed by atoms with Crippen molar-refractivity contribution < 1.29 is 14.2 Å². The van der Waals surface area contributed by atoms with Gasteiger partial charge in [0.15, 0.2) is 0 Å². The van der Waals surface area contributed by atoms with Crippen LogP contribution in [0.25, 0.3) is 0 Å². The number of benzene rings is 1. The van der Waals surface area contributed by atoms with Gasteiger partial charge in [-0.25, -0.2) is 0 Å². The monoisotopic (exact) mass is 430 g/mol. The average Bonchev–Trinajstić information content (AvgIpc) is 2.60. The van der Waals surface area contributed by atoms with Crippen molar-refractivity contribution in [3.8, 4) is 0 Å². The van der Waals surface area contributed by atoms with Gasteiger partial charge in [-0.3, -0.25) is 0 Å². The lowest BCUT2D eigenvalue weighted by atomic mass is 9.89. The topological polar surface area (TPSA) is 27.7 Å². The molecule has 0 saturated carbocycles. The molecule has 1 aromatic carbocycles. The van der Waals surface area contributed by atoms with E-state index in [1.165, 1.54) is 45.8 Å². The molecule has 0 unspecified atom stereocenters. The standard InChI is InChI=1S/C19H26O3S4/c1-11-8-12(2)16(13(3)9-11)17-15(22-19(24)26-5)7-6-14(21-17)10-20-18(23)25-4/h8-9,14-15,17H,6-7,10H2,1-5H3/t14-,15+,17-/m0/s1. The Morgan fingerprint density at radius 1 is 1.08 bits per heavy atom. The first-order valence-electron chi connectivity index (χ1n) is 8.54. The molecule has 0 aliphatic carbocycles. The number of thiocarbonyl (C=S) groups is 2. The predicted molar refractivity (Wildman–Crippen MR) is 121 cm³/mol. The Balaban J connectivity index is 2.24. The fraction of sp³-hybridized carbons (Fsp3) is 0.579. The van der Waals surface area contributed by atoms with Crippen LogP contribution in [-0.4, -0.2) is 40.1 Å². The van der Waals surface area contributed by atoms with Crippen LogP contribution in [0.4, 0.5) is 0 Å². The summed E-state index contributed by atoms with van der Waals surface area (Å²) in [6.45, 7) is 6.85. The zero-order chi connectivity index (χ0) is 19.3. The number of aryl methyl sites for hydroxylation is 3. The van der Waals surface area contributed by atoms with Gasteiger partial charge in [-0.05, 0) is 87.3 Å². The fourth-order valence-corrected chi connectivity index (χ4v) is 3.99. The molecule has 3 atom stereocenters.